The Morgan fingerprint density at radius 3 is 2.16 bits per heavy atom. The molecule has 1 atom stereocenters. The summed E-state index contributed by atoms with van der Waals surface area (Å²) in [6.45, 7) is 0.334. The van der Waals surface area contributed by atoms with Crippen molar-refractivity contribution in [3.63, 3.8) is 0 Å². The Morgan fingerprint density at radius 1 is 0.919 bits per heavy atom. The van der Waals surface area contributed by atoms with Crippen LogP contribution in [0.5, 0.6) is 0 Å². The molecule has 2 aromatic heterocycles. The predicted molar refractivity (Wildman–Crippen MR) is 146 cm³/mol. The predicted octanol–water partition coefficient (Wildman–Crippen LogP) is 4.69. The van der Waals surface area contributed by atoms with E-state index in [0.717, 1.165) is 16.0 Å². The number of benzene rings is 2. The van der Waals surface area contributed by atoms with Crippen molar-refractivity contribution in [2.24, 2.45) is 10.7 Å². The third kappa shape index (κ3) is 6.89. The van der Waals surface area contributed by atoms with Crippen molar-refractivity contribution in [3.8, 4) is 0 Å². The molecule has 0 aliphatic carbocycles. The number of hydrogen-bond acceptors (Lipinski definition) is 5. The number of nitrogens with one attached hydrogen (secondary N) is 1. The lowest BCUT2D eigenvalue weighted by Crippen LogP contribution is -2.40. The first kappa shape index (κ1) is 25.8. The summed E-state index contributed by atoms with van der Waals surface area (Å²) in [5.74, 6) is -1.21. The number of aromatic nitrogens is 1. The van der Waals surface area contributed by atoms with Gasteiger partial charge in [0.2, 0.25) is 0 Å². The van der Waals surface area contributed by atoms with Crippen LogP contribution in [0.25, 0.3) is 0 Å². The standard InChI is InChI=1S/C29H28N4O3S/c30-27(22-14-7-8-18-31-22)32-19-9-15-23(29(35)36)33-28(34)25-17-16-24(37-25)26(20-10-3-1-4-11-20)21-12-5-2-6-13-21/h1-8,10-14,16-18,23,26H,9,15,19H2,(H2,30,32)(H,33,34)(H,35,36). The van der Waals surface area contributed by atoms with Crippen molar-refractivity contribution in [1.29, 1.82) is 0 Å². The van der Waals surface area contributed by atoms with E-state index in [1.165, 1.54) is 11.3 Å². The summed E-state index contributed by atoms with van der Waals surface area (Å²) in [6, 6.07) is 28.3. The number of aliphatic imine (C=N–C) groups is 1. The summed E-state index contributed by atoms with van der Waals surface area (Å²) in [6.07, 6.45) is 2.31. The van der Waals surface area contributed by atoms with Gasteiger partial charge < -0.3 is 16.2 Å². The molecular formula is C29H28N4O3S. The molecule has 4 N–H and O–H groups in total. The molecule has 1 amide bonds. The number of amidine groups is 1. The van der Waals surface area contributed by atoms with Gasteiger partial charge in [0.1, 0.15) is 17.6 Å². The Kier molecular flexibility index (Phi) is 8.78. The van der Waals surface area contributed by atoms with E-state index in [4.69, 9.17) is 5.73 Å². The highest BCUT2D eigenvalue weighted by molar-refractivity contribution is 7.14. The molecule has 4 aromatic rings. The monoisotopic (exact) mass is 512 g/mol. The quantitative estimate of drug-likeness (QED) is 0.153. The van der Waals surface area contributed by atoms with Crippen LogP contribution in [0.3, 0.4) is 0 Å². The first-order valence-electron chi connectivity index (χ1n) is 12.0. The molecule has 0 fully saturated rings. The number of carbonyl (C=O) groups excluding carboxylic acids is 1. The van der Waals surface area contributed by atoms with Gasteiger partial charge in [0.25, 0.3) is 5.91 Å². The van der Waals surface area contributed by atoms with E-state index in [2.05, 4.69) is 39.6 Å². The Balaban J connectivity index is 1.42. The molecular weight excluding hydrogens is 484 g/mol. The molecule has 4 rings (SSSR count). The molecule has 1 unspecified atom stereocenters. The van der Waals surface area contributed by atoms with Gasteiger partial charge in [0.15, 0.2) is 0 Å². The first-order valence-corrected chi connectivity index (χ1v) is 12.8. The van der Waals surface area contributed by atoms with Crippen LogP contribution >= 0.6 is 11.3 Å². The zero-order valence-corrected chi connectivity index (χ0v) is 21.0. The van der Waals surface area contributed by atoms with Crippen LogP contribution in [0.2, 0.25) is 0 Å². The molecule has 188 valence electrons. The highest BCUT2D eigenvalue weighted by atomic mass is 32.1. The third-order valence-corrected chi connectivity index (χ3v) is 7.01. The summed E-state index contributed by atoms with van der Waals surface area (Å²) in [5, 5.41) is 12.3. The smallest absolute Gasteiger partial charge is 0.326 e. The van der Waals surface area contributed by atoms with Crippen LogP contribution in [0, 0.1) is 0 Å². The van der Waals surface area contributed by atoms with Gasteiger partial charge >= 0.3 is 5.97 Å². The van der Waals surface area contributed by atoms with Crippen molar-refractivity contribution < 1.29 is 14.7 Å². The zero-order valence-electron chi connectivity index (χ0n) is 20.2. The van der Waals surface area contributed by atoms with Gasteiger partial charge in [-0.3, -0.25) is 14.8 Å². The van der Waals surface area contributed by atoms with Gasteiger partial charge in [0.05, 0.1) is 4.88 Å². The summed E-state index contributed by atoms with van der Waals surface area (Å²) >= 11 is 1.37. The second-order valence-electron chi connectivity index (χ2n) is 8.44. The van der Waals surface area contributed by atoms with Crippen molar-refractivity contribution in [2.75, 3.05) is 6.54 Å². The van der Waals surface area contributed by atoms with Gasteiger partial charge in [-0.2, -0.15) is 0 Å². The minimum absolute atomic E-state index is 0.0216. The first-order chi connectivity index (χ1) is 18.0. The Morgan fingerprint density at radius 2 is 1.57 bits per heavy atom. The number of nitrogens with zero attached hydrogens (tertiary/aromatic N) is 2. The second-order valence-corrected chi connectivity index (χ2v) is 9.56. The Bertz CT molecular complexity index is 1300. The molecule has 0 saturated heterocycles. The number of rotatable bonds is 11. The van der Waals surface area contributed by atoms with E-state index in [0.29, 0.717) is 29.4 Å². The molecule has 0 aliphatic heterocycles. The number of amides is 1. The van der Waals surface area contributed by atoms with Crippen molar-refractivity contribution in [3.05, 3.63) is 124 Å². The number of thiophene rings is 1. The van der Waals surface area contributed by atoms with Crippen LogP contribution in [0.4, 0.5) is 0 Å². The van der Waals surface area contributed by atoms with Crippen molar-refractivity contribution >= 4 is 29.0 Å². The van der Waals surface area contributed by atoms with Crippen LogP contribution in [0.15, 0.2) is 102 Å². The fourth-order valence-corrected chi connectivity index (χ4v) is 5.09. The van der Waals surface area contributed by atoms with E-state index >= 15 is 0 Å². The van der Waals surface area contributed by atoms with Gasteiger partial charge in [-0.15, -0.1) is 11.3 Å². The number of carboxylic acids is 1. The molecule has 2 aromatic carbocycles. The number of carboxylic acid groups (broad SMARTS) is 1. The van der Waals surface area contributed by atoms with E-state index in [1.807, 2.05) is 48.5 Å². The molecule has 7 nitrogen and oxygen atoms in total. The Hall–Kier alpha value is -4.30. The van der Waals surface area contributed by atoms with Gasteiger partial charge in [-0.1, -0.05) is 66.7 Å². The molecule has 0 spiro atoms. The topological polar surface area (TPSA) is 118 Å². The molecule has 0 aliphatic rings. The fraction of sp³-hybridized carbons (Fsp3) is 0.172. The second kappa shape index (κ2) is 12.6. The lowest BCUT2D eigenvalue weighted by molar-refractivity contribution is -0.139. The lowest BCUT2D eigenvalue weighted by Gasteiger charge is -2.17. The van der Waals surface area contributed by atoms with E-state index < -0.39 is 17.9 Å². The number of aliphatic carboxylic acids is 1. The molecule has 0 bridgehead atoms. The van der Waals surface area contributed by atoms with Gasteiger partial charge in [-0.25, -0.2) is 4.79 Å². The summed E-state index contributed by atoms with van der Waals surface area (Å²) in [5.41, 5.74) is 8.76. The van der Waals surface area contributed by atoms with E-state index in [9.17, 15) is 14.7 Å². The minimum Gasteiger partial charge on any atom is -0.480 e. The maximum atomic E-state index is 13.0. The summed E-state index contributed by atoms with van der Waals surface area (Å²) < 4.78 is 0. The zero-order chi connectivity index (χ0) is 26.0. The lowest BCUT2D eigenvalue weighted by atomic mass is 9.90. The maximum Gasteiger partial charge on any atom is 0.326 e. The number of nitrogens with two attached hydrogens (primary N) is 1. The Labute approximate surface area is 219 Å². The van der Waals surface area contributed by atoms with Crippen LogP contribution < -0.4 is 11.1 Å². The largest absolute Gasteiger partial charge is 0.480 e. The number of hydrogen-bond donors (Lipinski definition) is 3. The summed E-state index contributed by atoms with van der Waals surface area (Å²) in [7, 11) is 0. The SMILES string of the molecule is NC(=NCCCC(NC(=O)c1ccc(C(c2ccccc2)c2ccccc2)s1)C(=O)O)c1ccccn1. The number of pyridine rings is 1. The average Bonchev–Trinajstić information content (AvgIpc) is 3.42. The maximum absolute atomic E-state index is 13.0. The van der Waals surface area contributed by atoms with Crippen molar-refractivity contribution in [1.82, 2.24) is 10.3 Å². The van der Waals surface area contributed by atoms with Crippen LogP contribution in [-0.4, -0.2) is 40.4 Å². The van der Waals surface area contributed by atoms with E-state index in [-0.39, 0.29) is 12.3 Å². The third-order valence-electron chi connectivity index (χ3n) is 5.86. The highest BCUT2D eigenvalue weighted by Crippen LogP contribution is 2.36. The van der Waals surface area contributed by atoms with Gasteiger partial charge in [-0.05, 0) is 48.2 Å². The highest BCUT2D eigenvalue weighted by Gasteiger charge is 2.23. The molecule has 0 radical (unpaired) electrons. The molecule has 2 heterocycles. The summed E-state index contributed by atoms with van der Waals surface area (Å²) in [4.78, 5) is 34.7. The molecule has 37 heavy (non-hydrogen) atoms. The van der Waals surface area contributed by atoms with E-state index in [1.54, 1.807) is 24.4 Å². The molecule has 0 saturated carbocycles. The molecule has 8 heteroatoms. The normalized spacial score (nSPS) is 12.3. The van der Waals surface area contributed by atoms with Gasteiger partial charge in [0, 0.05) is 23.5 Å². The fourth-order valence-electron chi connectivity index (χ4n) is 4.02. The van der Waals surface area contributed by atoms with Crippen LogP contribution in [0.1, 0.15) is 50.1 Å². The van der Waals surface area contributed by atoms with Crippen molar-refractivity contribution in [2.45, 2.75) is 24.8 Å². The average molecular weight is 513 g/mol. The van der Waals surface area contributed by atoms with Crippen LogP contribution in [-0.2, 0) is 4.79 Å². The number of carbonyl (C=O) groups is 2. The minimum atomic E-state index is -1.08.